The number of anilines is 1. The van der Waals surface area contributed by atoms with Crippen molar-refractivity contribution in [3.63, 3.8) is 0 Å². The zero-order chi connectivity index (χ0) is 15.9. The third-order valence-corrected chi connectivity index (χ3v) is 4.01. The van der Waals surface area contributed by atoms with Crippen LogP contribution in [0.4, 0.5) is 5.82 Å². The Hall–Kier alpha value is -1.34. The quantitative estimate of drug-likeness (QED) is 0.745. The first-order chi connectivity index (χ1) is 10.6. The molecule has 0 radical (unpaired) electrons. The summed E-state index contributed by atoms with van der Waals surface area (Å²) in [5.41, 5.74) is 0.894. The van der Waals surface area contributed by atoms with Gasteiger partial charge in [0.15, 0.2) is 5.82 Å². The molecule has 116 valence electrons. The van der Waals surface area contributed by atoms with Gasteiger partial charge in [-0.1, -0.05) is 19.8 Å². The molecule has 1 N–H and O–H groups in total. The second kappa shape index (κ2) is 8.33. The molecule has 0 aliphatic carbocycles. The first-order valence-corrected chi connectivity index (χ1v) is 8.57. The second-order valence-electron chi connectivity index (χ2n) is 4.84. The Bertz CT molecular complexity index is 634. The molecular formula is C15H16Br2N4O. The SMILES string of the molecule is CCCCC(C(=O)Nc1cnc(Br)cn1)c1cncc(Br)c1. The van der Waals surface area contributed by atoms with E-state index in [1.807, 2.05) is 6.07 Å². The molecule has 0 spiro atoms. The molecule has 22 heavy (non-hydrogen) atoms. The van der Waals surface area contributed by atoms with Crippen LogP contribution < -0.4 is 5.32 Å². The molecule has 0 saturated carbocycles. The van der Waals surface area contributed by atoms with Crippen molar-refractivity contribution < 1.29 is 4.79 Å². The van der Waals surface area contributed by atoms with Crippen molar-refractivity contribution in [1.82, 2.24) is 15.0 Å². The lowest BCUT2D eigenvalue weighted by Gasteiger charge is -2.16. The van der Waals surface area contributed by atoms with Gasteiger partial charge in [-0.3, -0.25) is 9.78 Å². The molecule has 7 heteroatoms. The van der Waals surface area contributed by atoms with Crippen LogP contribution in [0.15, 0.2) is 39.9 Å². The predicted molar refractivity (Wildman–Crippen MR) is 92.6 cm³/mol. The van der Waals surface area contributed by atoms with Gasteiger partial charge in [-0.25, -0.2) is 9.97 Å². The van der Waals surface area contributed by atoms with E-state index in [9.17, 15) is 4.79 Å². The monoisotopic (exact) mass is 426 g/mol. The Morgan fingerprint density at radius 2 is 2.05 bits per heavy atom. The van der Waals surface area contributed by atoms with E-state index in [0.717, 1.165) is 29.3 Å². The number of hydrogen-bond acceptors (Lipinski definition) is 4. The van der Waals surface area contributed by atoms with Crippen LogP contribution in [0.25, 0.3) is 0 Å². The lowest BCUT2D eigenvalue weighted by molar-refractivity contribution is -0.117. The summed E-state index contributed by atoms with van der Waals surface area (Å²) < 4.78 is 1.49. The summed E-state index contributed by atoms with van der Waals surface area (Å²) in [6, 6.07) is 1.93. The molecular weight excluding hydrogens is 412 g/mol. The number of carbonyl (C=O) groups excluding carboxylic acids is 1. The highest BCUT2D eigenvalue weighted by atomic mass is 79.9. The van der Waals surface area contributed by atoms with E-state index in [-0.39, 0.29) is 11.8 Å². The van der Waals surface area contributed by atoms with Gasteiger partial charge in [0.1, 0.15) is 4.60 Å². The largest absolute Gasteiger partial charge is 0.309 e. The lowest BCUT2D eigenvalue weighted by atomic mass is 9.94. The highest BCUT2D eigenvalue weighted by Gasteiger charge is 2.21. The topological polar surface area (TPSA) is 67.8 Å². The fourth-order valence-electron chi connectivity index (χ4n) is 2.07. The van der Waals surface area contributed by atoms with Crippen molar-refractivity contribution in [2.45, 2.75) is 32.1 Å². The molecule has 1 atom stereocenters. The van der Waals surface area contributed by atoms with E-state index in [4.69, 9.17) is 0 Å². The summed E-state index contributed by atoms with van der Waals surface area (Å²) in [4.78, 5) is 24.9. The molecule has 0 fully saturated rings. The van der Waals surface area contributed by atoms with Crippen LogP contribution in [-0.2, 0) is 4.79 Å². The molecule has 2 heterocycles. The van der Waals surface area contributed by atoms with Crippen molar-refractivity contribution >= 4 is 43.6 Å². The van der Waals surface area contributed by atoms with Crippen LogP contribution in [0.1, 0.15) is 37.7 Å². The van der Waals surface area contributed by atoms with E-state index < -0.39 is 0 Å². The number of rotatable bonds is 6. The van der Waals surface area contributed by atoms with E-state index in [1.165, 1.54) is 6.20 Å². The Morgan fingerprint density at radius 3 is 2.68 bits per heavy atom. The smallest absolute Gasteiger partial charge is 0.233 e. The summed E-state index contributed by atoms with van der Waals surface area (Å²) in [5, 5.41) is 2.82. The molecule has 0 bridgehead atoms. The maximum atomic E-state index is 12.6. The van der Waals surface area contributed by atoms with E-state index in [2.05, 4.69) is 59.1 Å². The van der Waals surface area contributed by atoms with Crippen LogP contribution in [0.2, 0.25) is 0 Å². The van der Waals surface area contributed by atoms with Gasteiger partial charge in [0.05, 0.1) is 18.3 Å². The lowest BCUT2D eigenvalue weighted by Crippen LogP contribution is -2.22. The van der Waals surface area contributed by atoms with Gasteiger partial charge in [-0.05, 0) is 49.9 Å². The normalized spacial score (nSPS) is 12.0. The van der Waals surface area contributed by atoms with E-state index >= 15 is 0 Å². The van der Waals surface area contributed by atoms with Gasteiger partial charge in [-0.2, -0.15) is 0 Å². The molecule has 0 aromatic carbocycles. The van der Waals surface area contributed by atoms with E-state index in [0.29, 0.717) is 10.4 Å². The molecule has 0 aliphatic heterocycles. The van der Waals surface area contributed by atoms with Gasteiger partial charge < -0.3 is 5.32 Å². The number of unbranched alkanes of at least 4 members (excludes halogenated alkanes) is 1. The van der Waals surface area contributed by atoms with E-state index in [1.54, 1.807) is 18.6 Å². The third-order valence-electron chi connectivity index (χ3n) is 3.16. The van der Waals surface area contributed by atoms with Crippen molar-refractivity contribution in [3.05, 3.63) is 45.5 Å². The fourth-order valence-corrected chi connectivity index (χ4v) is 2.65. The number of carbonyl (C=O) groups is 1. The molecule has 0 aliphatic rings. The Kier molecular flexibility index (Phi) is 6.45. The van der Waals surface area contributed by atoms with Crippen LogP contribution >= 0.6 is 31.9 Å². The zero-order valence-corrected chi connectivity index (χ0v) is 15.3. The molecule has 1 amide bonds. The van der Waals surface area contributed by atoms with Crippen molar-refractivity contribution in [3.8, 4) is 0 Å². The van der Waals surface area contributed by atoms with Gasteiger partial charge in [-0.15, -0.1) is 0 Å². The summed E-state index contributed by atoms with van der Waals surface area (Å²) in [5.74, 6) is 0.0954. The predicted octanol–water partition coefficient (Wildman–Crippen LogP) is 4.31. The highest BCUT2D eigenvalue weighted by molar-refractivity contribution is 9.10. The molecule has 1 unspecified atom stereocenters. The molecule has 2 aromatic heterocycles. The molecule has 0 saturated heterocycles. The number of aromatic nitrogens is 3. The number of nitrogens with zero attached hydrogens (tertiary/aromatic N) is 3. The minimum Gasteiger partial charge on any atom is -0.309 e. The number of nitrogens with one attached hydrogen (secondary N) is 1. The Labute approximate surface area is 146 Å². The van der Waals surface area contributed by atoms with Crippen LogP contribution in [0.5, 0.6) is 0 Å². The van der Waals surface area contributed by atoms with Crippen LogP contribution in [-0.4, -0.2) is 20.9 Å². The van der Waals surface area contributed by atoms with Crippen LogP contribution in [0, 0.1) is 0 Å². The van der Waals surface area contributed by atoms with Crippen LogP contribution in [0.3, 0.4) is 0 Å². The maximum absolute atomic E-state index is 12.6. The summed E-state index contributed by atoms with van der Waals surface area (Å²) >= 11 is 6.62. The average molecular weight is 428 g/mol. The standard InChI is InChI=1S/C15H16Br2N4O/c1-2-3-4-12(10-5-11(16)7-18-6-10)15(22)21-14-9-19-13(17)8-20-14/h5-9,12H,2-4H2,1H3,(H,20,21,22). The first-order valence-electron chi connectivity index (χ1n) is 6.99. The van der Waals surface area contributed by atoms with Gasteiger partial charge in [0.25, 0.3) is 0 Å². The number of halogens is 2. The molecule has 2 aromatic rings. The second-order valence-corrected chi connectivity index (χ2v) is 6.57. The van der Waals surface area contributed by atoms with Crippen molar-refractivity contribution in [2.75, 3.05) is 5.32 Å². The fraction of sp³-hybridized carbons (Fsp3) is 0.333. The number of amides is 1. The van der Waals surface area contributed by atoms with Gasteiger partial charge in [0, 0.05) is 16.9 Å². The van der Waals surface area contributed by atoms with Gasteiger partial charge >= 0.3 is 0 Å². The van der Waals surface area contributed by atoms with Crippen molar-refractivity contribution in [2.24, 2.45) is 0 Å². The maximum Gasteiger partial charge on any atom is 0.233 e. The number of pyridine rings is 1. The number of hydrogen-bond donors (Lipinski definition) is 1. The Morgan fingerprint density at radius 1 is 1.23 bits per heavy atom. The van der Waals surface area contributed by atoms with Gasteiger partial charge in [0.2, 0.25) is 5.91 Å². The third kappa shape index (κ3) is 4.84. The minimum atomic E-state index is -0.254. The zero-order valence-electron chi connectivity index (χ0n) is 12.1. The summed E-state index contributed by atoms with van der Waals surface area (Å²) in [7, 11) is 0. The Balaban J connectivity index is 2.17. The summed E-state index contributed by atoms with van der Waals surface area (Å²) in [6.45, 7) is 2.11. The summed E-state index contributed by atoms with van der Waals surface area (Å²) in [6.07, 6.45) is 9.29. The van der Waals surface area contributed by atoms with Crippen molar-refractivity contribution in [1.29, 1.82) is 0 Å². The molecule has 2 rings (SSSR count). The first kappa shape index (κ1) is 17.0. The average Bonchev–Trinajstić information content (AvgIpc) is 2.50. The minimum absolute atomic E-state index is 0.0926. The molecule has 5 nitrogen and oxygen atoms in total. The highest BCUT2D eigenvalue weighted by Crippen LogP contribution is 2.25.